The van der Waals surface area contributed by atoms with Crippen LogP contribution in [0.2, 0.25) is 0 Å². The van der Waals surface area contributed by atoms with Crippen LogP contribution in [0.4, 0.5) is 0 Å². The van der Waals surface area contributed by atoms with Crippen molar-refractivity contribution in [3.8, 4) is 0 Å². The molecule has 0 N–H and O–H groups in total. The van der Waals surface area contributed by atoms with Gasteiger partial charge in [-0.05, 0) is 19.3 Å². The zero-order valence-corrected chi connectivity index (χ0v) is 5.83. The van der Waals surface area contributed by atoms with Gasteiger partial charge in [0.2, 0.25) is 0 Å². The molecule has 0 radical (unpaired) electrons. The van der Waals surface area contributed by atoms with Crippen LogP contribution >= 0.6 is 0 Å². The summed E-state index contributed by atoms with van der Waals surface area (Å²) < 4.78 is 2.36. The first-order valence-electron chi connectivity index (χ1n) is 3.98. The summed E-state index contributed by atoms with van der Waals surface area (Å²) in [5, 5.41) is 0. The van der Waals surface area contributed by atoms with Crippen molar-refractivity contribution < 1.29 is 0 Å². The number of hydrogen-bond acceptors (Lipinski definition) is 1. The van der Waals surface area contributed by atoms with Gasteiger partial charge in [-0.2, -0.15) is 0 Å². The van der Waals surface area contributed by atoms with E-state index in [0.29, 0.717) is 0 Å². The Kier molecular flexibility index (Phi) is 0.712. The lowest BCUT2D eigenvalue weighted by molar-refractivity contribution is 0.526. The van der Waals surface area contributed by atoms with E-state index in [4.69, 9.17) is 0 Å². The predicted octanol–water partition coefficient (Wildman–Crippen LogP) is 1.71. The van der Waals surface area contributed by atoms with Gasteiger partial charge >= 0.3 is 0 Å². The highest BCUT2D eigenvalue weighted by molar-refractivity contribution is 5.13. The molecule has 2 atom stereocenters. The molecule has 2 heteroatoms. The van der Waals surface area contributed by atoms with Crippen LogP contribution in [-0.4, -0.2) is 9.55 Å². The summed E-state index contributed by atoms with van der Waals surface area (Å²) in [5.74, 6) is 2.15. The highest BCUT2D eigenvalue weighted by Gasteiger charge is 2.37. The first-order chi connectivity index (χ1) is 4.95. The first kappa shape index (κ1) is 4.94. The van der Waals surface area contributed by atoms with Crippen LogP contribution in [0.25, 0.3) is 0 Å². The van der Waals surface area contributed by atoms with E-state index in [1.54, 1.807) is 0 Å². The molecule has 1 aromatic heterocycles. The monoisotopic (exact) mass is 134 g/mol. The summed E-state index contributed by atoms with van der Waals surface area (Å²) in [5.41, 5.74) is 0. The number of imidazole rings is 1. The molecule has 10 heavy (non-hydrogen) atoms. The SMILES string of the molecule is c1cn2c(n1)[C@H]1CC[C@@H]2C1. The largest absolute Gasteiger partial charge is 0.332 e. The van der Waals surface area contributed by atoms with Crippen LogP contribution in [0, 0.1) is 0 Å². The fraction of sp³-hybridized carbons (Fsp3) is 0.625. The van der Waals surface area contributed by atoms with Gasteiger partial charge in [0.05, 0.1) is 0 Å². The quantitative estimate of drug-likeness (QED) is 0.528. The Morgan fingerprint density at radius 1 is 1.50 bits per heavy atom. The number of aromatic nitrogens is 2. The molecule has 2 bridgehead atoms. The lowest BCUT2D eigenvalue weighted by atomic mass is 10.1. The standard InChI is InChI=1S/C8H10N2/c1-2-7-5-6(1)8-9-3-4-10(7)8/h3-4,6-7H,1-2,5H2/t6-,7+/m0/s1. The Labute approximate surface area is 59.9 Å². The predicted molar refractivity (Wildman–Crippen MR) is 37.9 cm³/mol. The van der Waals surface area contributed by atoms with Gasteiger partial charge in [-0.1, -0.05) is 0 Å². The second-order valence-corrected chi connectivity index (χ2v) is 3.36. The highest BCUT2D eigenvalue weighted by atomic mass is 15.1. The third kappa shape index (κ3) is 0.405. The summed E-state index contributed by atoms with van der Waals surface area (Å²) in [4.78, 5) is 4.34. The highest BCUT2D eigenvalue weighted by Crippen LogP contribution is 2.47. The van der Waals surface area contributed by atoms with Crippen LogP contribution in [0.3, 0.4) is 0 Å². The normalized spacial score (nSPS) is 34.8. The van der Waals surface area contributed by atoms with Gasteiger partial charge in [-0.15, -0.1) is 0 Å². The summed E-state index contributed by atoms with van der Waals surface area (Å²) in [6.07, 6.45) is 8.18. The summed E-state index contributed by atoms with van der Waals surface area (Å²) in [6, 6.07) is 0.808. The zero-order valence-electron chi connectivity index (χ0n) is 5.83. The third-order valence-corrected chi connectivity index (χ3v) is 2.86. The number of fused-ring (bicyclic) bond motifs is 5. The Bertz CT molecular complexity index is 239. The summed E-state index contributed by atoms with van der Waals surface area (Å²) in [6.45, 7) is 0. The fourth-order valence-corrected chi connectivity index (χ4v) is 2.39. The molecule has 3 rings (SSSR count). The van der Waals surface area contributed by atoms with Crippen molar-refractivity contribution >= 4 is 0 Å². The van der Waals surface area contributed by atoms with Gasteiger partial charge in [0.1, 0.15) is 5.82 Å². The minimum absolute atomic E-state index is 0.806. The molecule has 1 fully saturated rings. The topological polar surface area (TPSA) is 17.8 Å². The van der Waals surface area contributed by atoms with Gasteiger partial charge < -0.3 is 4.57 Å². The molecule has 1 aliphatic heterocycles. The van der Waals surface area contributed by atoms with Gasteiger partial charge in [-0.25, -0.2) is 4.98 Å². The summed E-state index contributed by atoms with van der Waals surface area (Å²) >= 11 is 0. The third-order valence-electron chi connectivity index (χ3n) is 2.86. The molecular formula is C8H10N2. The number of nitrogens with zero attached hydrogens (tertiary/aromatic N) is 2. The molecule has 0 amide bonds. The molecule has 2 aliphatic rings. The second kappa shape index (κ2) is 1.44. The average molecular weight is 134 g/mol. The zero-order chi connectivity index (χ0) is 6.55. The summed E-state index contributed by atoms with van der Waals surface area (Å²) in [7, 11) is 0. The first-order valence-corrected chi connectivity index (χ1v) is 3.98. The lowest BCUT2D eigenvalue weighted by Gasteiger charge is -2.11. The van der Waals surface area contributed by atoms with E-state index < -0.39 is 0 Å². The Balaban J connectivity index is 2.25. The van der Waals surface area contributed by atoms with E-state index in [0.717, 1.165) is 12.0 Å². The molecule has 0 spiro atoms. The molecule has 0 unspecified atom stereocenters. The van der Waals surface area contributed by atoms with Gasteiger partial charge in [0, 0.05) is 24.4 Å². The molecule has 52 valence electrons. The number of hydrogen-bond donors (Lipinski definition) is 0. The second-order valence-electron chi connectivity index (χ2n) is 3.36. The van der Waals surface area contributed by atoms with E-state index in [-0.39, 0.29) is 0 Å². The van der Waals surface area contributed by atoms with Crippen molar-refractivity contribution in [3.63, 3.8) is 0 Å². The lowest BCUT2D eigenvalue weighted by Crippen LogP contribution is -2.04. The molecule has 1 aliphatic carbocycles. The molecule has 0 saturated heterocycles. The van der Waals surface area contributed by atoms with E-state index in [1.807, 2.05) is 6.20 Å². The van der Waals surface area contributed by atoms with Crippen LogP contribution < -0.4 is 0 Å². The Morgan fingerprint density at radius 3 is 3.40 bits per heavy atom. The van der Waals surface area contributed by atoms with E-state index in [9.17, 15) is 0 Å². The Hall–Kier alpha value is -0.790. The molecule has 1 saturated carbocycles. The van der Waals surface area contributed by atoms with Crippen LogP contribution in [0.5, 0.6) is 0 Å². The molecule has 2 nitrogen and oxygen atoms in total. The molecule has 2 heterocycles. The smallest absolute Gasteiger partial charge is 0.112 e. The van der Waals surface area contributed by atoms with E-state index in [1.165, 1.54) is 25.1 Å². The van der Waals surface area contributed by atoms with Crippen LogP contribution in [-0.2, 0) is 0 Å². The van der Waals surface area contributed by atoms with Crippen molar-refractivity contribution in [1.29, 1.82) is 0 Å². The molecule has 1 aromatic rings. The van der Waals surface area contributed by atoms with E-state index in [2.05, 4.69) is 15.7 Å². The maximum atomic E-state index is 4.34. The van der Waals surface area contributed by atoms with Crippen molar-refractivity contribution in [3.05, 3.63) is 18.2 Å². The fourth-order valence-electron chi connectivity index (χ4n) is 2.39. The van der Waals surface area contributed by atoms with Gasteiger partial charge in [-0.3, -0.25) is 0 Å². The van der Waals surface area contributed by atoms with Crippen molar-refractivity contribution in [2.75, 3.05) is 0 Å². The van der Waals surface area contributed by atoms with Crippen molar-refractivity contribution in [2.24, 2.45) is 0 Å². The molecule has 0 aromatic carbocycles. The molecular weight excluding hydrogens is 124 g/mol. The van der Waals surface area contributed by atoms with Crippen molar-refractivity contribution in [2.45, 2.75) is 31.2 Å². The maximum Gasteiger partial charge on any atom is 0.112 e. The van der Waals surface area contributed by atoms with Crippen molar-refractivity contribution in [1.82, 2.24) is 9.55 Å². The van der Waals surface area contributed by atoms with Gasteiger partial charge in [0.25, 0.3) is 0 Å². The number of rotatable bonds is 0. The van der Waals surface area contributed by atoms with Crippen LogP contribution in [0.15, 0.2) is 12.4 Å². The average Bonchev–Trinajstić information content (AvgIpc) is 2.60. The van der Waals surface area contributed by atoms with Gasteiger partial charge in [0.15, 0.2) is 0 Å². The maximum absolute atomic E-state index is 4.34. The Morgan fingerprint density at radius 2 is 2.50 bits per heavy atom. The van der Waals surface area contributed by atoms with E-state index >= 15 is 0 Å². The van der Waals surface area contributed by atoms with Crippen LogP contribution in [0.1, 0.15) is 37.0 Å². The minimum atomic E-state index is 0.806. The minimum Gasteiger partial charge on any atom is -0.332 e.